The molecule has 0 amide bonds. The van der Waals surface area contributed by atoms with E-state index in [-0.39, 0.29) is 0 Å². The number of benzene rings is 2. The lowest BCUT2D eigenvalue weighted by atomic mass is 10.1. The fourth-order valence-corrected chi connectivity index (χ4v) is 2.86. The molecule has 6 nitrogen and oxygen atoms in total. The number of fused-ring (bicyclic) bond motifs is 1. The maximum absolute atomic E-state index is 5.42. The Hall–Kier alpha value is -2.86. The third kappa shape index (κ3) is 3.49. The van der Waals surface area contributed by atoms with E-state index < -0.39 is 0 Å². The third-order valence-electron chi connectivity index (χ3n) is 4.03. The van der Waals surface area contributed by atoms with Crippen LogP contribution in [0.2, 0.25) is 0 Å². The molecule has 6 heteroatoms. The third-order valence-corrected chi connectivity index (χ3v) is 4.03. The highest BCUT2D eigenvalue weighted by Gasteiger charge is 2.15. The molecule has 0 aliphatic carbocycles. The molecule has 0 fully saturated rings. The quantitative estimate of drug-likeness (QED) is 0.711. The zero-order valence-electron chi connectivity index (χ0n) is 14.2. The van der Waals surface area contributed by atoms with Crippen molar-refractivity contribution in [2.75, 3.05) is 13.8 Å². The van der Waals surface area contributed by atoms with Crippen molar-refractivity contribution < 1.29 is 14.0 Å². The molecule has 2 heterocycles. The van der Waals surface area contributed by atoms with E-state index in [1.54, 1.807) is 0 Å². The van der Waals surface area contributed by atoms with Gasteiger partial charge in [-0.1, -0.05) is 28.9 Å². The summed E-state index contributed by atoms with van der Waals surface area (Å²) in [5.41, 5.74) is 3.25. The number of hydrogen-bond donors (Lipinski definition) is 0. The molecule has 0 atom stereocenters. The van der Waals surface area contributed by atoms with E-state index in [9.17, 15) is 0 Å². The second kappa shape index (κ2) is 6.57. The molecule has 0 spiro atoms. The second-order valence-electron chi connectivity index (χ2n) is 6.25. The highest BCUT2D eigenvalue weighted by atomic mass is 16.7. The van der Waals surface area contributed by atoms with Gasteiger partial charge in [0.15, 0.2) is 17.3 Å². The van der Waals surface area contributed by atoms with E-state index in [4.69, 9.17) is 14.0 Å². The minimum absolute atomic E-state index is 0.291. The lowest BCUT2D eigenvalue weighted by molar-refractivity contribution is 0.174. The minimum Gasteiger partial charge on any atom is -0.454 e. The maximum Gasteiger partial charge on any atom is 0.257 e. The van der Waals surface area contributed by atoms with Gasteiger partial charge >= 0.3 is 0 Å². The number of rotatable bonds is 5. The number of hydrogen-bond acceptors (Lipinski definition) is 6. The van der Waals surface area contributed by atoms with E-state index in [0.717, 1.165) is 34.7 Å². The number of aromatic nitrogens is 2. The van der Waals surface area contributed by atoms with Crippen molar-refractivity contribution in [3.63, 3.8) is 0 Å². The molecular formula is C19H19N3O3. The predicted octanol–water partition coefficient (Wildman–Crippen LogP) is 3.41. The summed E-state index contributed by atoms with van der Waals surface area (Å²) in [7, 11) is 2.02. The first kappa shape index (κ1) is 15.7. The zero-order chi connectivity index (χ0) is 17.2. The molecule has 0 N–H and O–H groups in total. The first-order valence-corrected chi connectivity index (χ1v) is 8.14. The lowest BCUT2D eigenvalue weighted by Crippen LogP contribution is -2.18. The normalized spacial score (nSPS) is 12.8. The molecule has 3 aromatic rings. The van der Waals surface area contributed by atoms with Crippen LogP contribution in [0.25, 0.3) is 11.5 Å². The topological polar surface area (TPSA) is 60.6 Å². The second-order valence-corrected chi connectivity index (χ2v) is 6.25. The van der Waals surface area contributed by atoms with Gasteiger partial charge in [-0.15, -0.1) is 0 Å². The Morgan fingerprint density at radius 3 is 2.80 bits per heavy atom. The van der Waals surface area contributed by atoms with E-state index in [1.807, 2.05) is 56.4 Å². The van der Waals surface area contributed by atoms with Crippen molar-refractivity contribution in [3.05, 3.63) is 59.4 Å². The average molecular weight is 337 g/mol. The smallest absolute Gasteiger partial charge is 0.257 e. The number of aryl methyl sites for hydroxylation is 1. The molecular weight excluding hydrogens is 318 g/mol. The van der Waals surface area contributed by atoms with E-state index >= 15 is 0 Å². The molecule has 128 valence electrons. The molecule has 25 heavy (non-hydrogen) atoms. The summed E-state index contributed by atoms with van der Waals surface area (Å²) in [5, 5.41) is 4.09. The predicted molar refractivity (Wildman–Crippen MR) is 92.2 cm³/mol. The Morgan fingerprint density at radius 1 is 1.04 bits per heavy atom. The summed E-state index contributed by atoms with van der Waals surface area (Å²) < 4.78 is 16.2. The molecule has 1 aliphatic rings. The molecule has 0 radical (unpaired) electrons. The molecule has 2 aromatic carbocycles. The van der Waals surface area contributed by atoms with Crippen LogP contribution in [0.3, 0.4) is 0 Å². The van der Waals surface area contributed by atoms with Crippen LogP contribution in [0.15, 0.2) is 47.0 Å². The van der Waals surface area contributed by atoms with Gasteiger partial charge in [0.1, 0.15) is 0 Å². The molecule has 4 rings (SSSR count). The van der Waals surface area contributed by atoms with Crippen molar-refractivity contribution in [3.8, 4) is 23.0 Å². The summed E-state index contributed by atoms with van der Waals surface area (Å²) in [6.45, 7) is 3.69. The van der Waals surface area contributed by atoms with Gasteiger partial charge < -0.3 is 14.0 Å². The van der Waals surface area contributed by atoms with Crippen LogP contribution in [-0.4, -0.2) is 28.9 Å². The van der Waals surface area contributed by atoms with Gasteiger partial charge in [0.05, 0.1) is 6.54 Å². The highest BCUT2D eigenvalue weighted by Crippen LogP contribution is 2.32. The fourth-order valence-electron chi connectivity index (χ4n) is 2.86. The van der Waals surface area contributed by atoms with Crippen LogP contribution in [-0.2, 0) is 13.1 Å². The van der Waals surface area contributed by atoms with Crippen LogP contribution in [0.4, 0.5) is 0 Å². The summed E-state index contributed by atoms with van der Waals surface area (Å²) in [4.78, 5) is 6.62. The van der Waals surface area contributed by atoms with Gasteiger partial charge in [-0.3, -0.25) is 4.90 Å². The summed E-state index contributed by atoms with van der Waals surface area (Å²) in [5.74, 6) is 2.81. The Morgan fingerprint density at radius 2 is 1.92 bits per heavy atom. The zero-order valence-corrected chi connectivity index (χ0v) is 14.2. The van der Waals surface area contributed by atoms with Crippen LogP contribution in [0.1, 0.15) is 17.0 Å². The molecule has 1 aliphatic heterocycles. The largest absolute Gasteiger partial charge is 0.454 e. The molecule has 0 bridgehead atoms. The van der Waals surface area contributed by atoms with E-state index in [1.165, 1.54) is 0 Å². The monoisotopic (exact) mass is 337 g/mol. The summed E-state index contributed by atoms with van der Waals surface area (Å²) in [6.07, 6.45) is 0. The van der Waals surface area contributed by atoms with E-state index in [2.05, 4.69) is 15.0 Å². The van der Waals surface area contributed by atoms with Gasteiger partial charge in [-0.2, -0.15) is 4.98 Å². The SMILES string of the molecule is Cc1cccc(-c2nc(CN(C)Cc3ccc4c(c3)OCO4)no2)c1. The van der Waals surface area contributed by atoms with Crippen molar-refractivity contribution in [2.45, 2.75) is 20.0 Å². The van der Waals surface area contributed by atoms with Gasteiger partial charge in [-0.25, -0.2) is 0 Å². The van der Waals surface area contributed by atoms with Crippen molar-refractivity contribution in [1.29, 1.82) is 0 Å². The Labute approximate surface area is 146 Å². The Kier molecular flexibility index (Phi) is 4.11. The highest BCUT2D eigenvalue weighted by molar-refractivity contribution is 5.53. The van der Waals surface area contributed by atoms with Crippen molar-refractivity contribution in [1.82, 2.24) is 15.0 Å². The van der Waals surface area contributed by atoms with Gasteiger partial charge in [0.2, 0.25) is 6.79 Å². The van der Waals surface area contributed by atoms with E-state index in [0.29, 0.717) is 25.1 Å². The molecule has 0 saturated carbocycles. The Bertz CT molecular complexity index is 891. The van der Waals surface area contributed by atoms with Crippen LogP contribution in [0.5, 0.6) is 11.5 Å². The fraction of sp³-hybridized carbons (Fsp3) is 0.263. The first-order valence-electron chi connectivity index (χ1n) is 8.14. The van der Waals surface area contributed by atoms with Crippen molar-refractivity contribution >= 4 is 0 Å². The molecule has 1 aromatic heterocycles. The molecule has 0 unspecified atom stereocenters. The molecule has 0 saturated heterocycles. The number of ether oxygens (including phenoxy) is 2. The Balaban J connectivity index is 1.42. The average Bonchev–Trinajstić information content (AvgIpc) is 3.23. The maximum atomic E-state index is 5.42. The number of nitrogens with zero attached hydrogens (tertiary/aromatic N) is 3. The van der Waals surface area contributed by atoms with Crippen LogP contribution < -0.4 is 9.47 Å². The van der Waals surface area contributed by atoms with Gasteiger partial charge in [-0.05, 0) is 43.8 Å². The van der Waals surface area contributed by atoms with Gasteiger partial charge in [0, 0.05) is 12.1 Å². The minimum atomic E-state index is 0.291. The summed E-state index contributed by atoms with van der Waals surface area (Å²) in [6, 6.07) is 14.0. The van der Waals surface area contributed by atoms with Gasteiger partial charge in [0.25, 0.3) is 5.89 Å². The summed E-state index contributed by atoms with van der Waals surface area (Å²) >= 11 is 0. The first-order chi connectivity index (χ1) is 12.2. The van der Waals surface area contributed by atoms with Crippen LogP contribution in [0, 0.1) is 6.92 Å². The van der Waals surface area contributed by atoms with Crippen LogP contribution >= 0.6 is 0 Å². The standard InChI is InChI=1S/C19H19N3O3/c1-13-4-3-5-15(8-13)19-20-18(21-25-19)11-22(2)10-14-6-7-16-17(9-14)24-12-23-16/h3-9H,10-12H2,1-2H3. The van der Waals surface area contributed by atoms with Crippen molar-refractivity contribution in [2.24, 2.45) is 0 Å². The lowest BCUT2D eigenvalue weighted by Gasteiger charge is -2.14.